The van der Waals surface area contributed by atoms with Gasteiger partial charge in [0.2, 0.25) is 5.91 Å². The summed E-state index contributed by atoms with van der Waals surface area (Å²) in [5, 5.41) is 14.0. The molecule has 0 bridgehead atoms. The van der Waals surface area contributed by atoms with Gasteiger partial charge in [-0.3, -0.25) is 43.2 Å². The lowest BCUT2D eigenvalue weighted by atomic mass is 9.93. The minimum atomic E-state index is -1.78. The molecular weight excluding hydrogens is 1080 g/mol. The summed E-state index contributed by atoms with van der Waals surface area (Å²) in [5.74, 6) is -7.67. The van der Waals surface area contributed by atoms with Gasteiger partial charge in [-0.25, -0.2) is 9.48 Å². The Morgan fingerprint density at radius 3 is 1.63 bits per heavy atom. The van der Waals surface area contributed by atoms with Crippen LogP contribution in [0, 0.1) is 16.2 Å². The number of nitrogens with one attached hydrogen (secondary N) is 2. The van der Waals surface area contributed by atoms with E-state index in [-0.39, 0.29) is 12.3 Å². The second kappa shape index (κ2) is 28.1. The van der Waals surface area contributed by atoms with E-state index >= 15 is 4.79 Å². The van der Waals surface area contributed by atoms with E-state index in [2.05, 4.69) is 20.9 Å². The molecule has 2 aliphatic rings. The van der Waals surface area contributed by atoms with Crippen molar-refractivity contribution in [1.82, 2.24) is 30.5 Å². The van der Waals surface area contributed by atoms with E-state index in [1.807, 2.05) is 0 Å². The second-order valence-electron chi connectivity index (χ2n) is 23.8. The fraction of sp³-hybridized carbons (Fsp3) is 0.673. The largest absolute Gasteiger partial charge is 0.463 e. The number of hydrogen-bond donors (Lipinski definition) is 2. The summed E-state index contributed by atoms with van der Waals surface area (Å²) in [6.07, 6.45) is -14.9. The number of ether oxygens (including phenoxy) is 11. The van der Waals surface area contributed by atoms with Crippen LogP contribution in [0.25, 0.3) is 0 Å². The van der Waals surface area contributed by atoms with Gasteiger partial charge in [0.05, 0.1) is 35.4 Å². The molecule has 3 heterocycles. The Labute approximate surface area is 476 Å². The first-order valence-corrected chi connectivity index (χ1v) is 26.5. The van der Waals surface area contributed by atoms with Crippen molar-refractivity contribution in [1.29, 1.82) is 0 Å². The van der Waals surface area contributed by atoms with Crippen LogP contribution in [-0.4, -0.2) is 167 Å². The molecule has 3 amide bonds. The van der Waals surface area contributed by atoms with Gasteiger partial charge in [-0.2, -0.15) is 0 Å². The Kier molecular flexibility index (Phi) is 23.1. The van der Waals surface area contributed by atoms with Crippen molar-refractivity contribution in [3.63, 3.8) is 0 Å². The quantitative estimate of drug-likeness (QED) is 0.141. The predicted octanol–water partition coefficient (Wildman–Crippen LogP) is 3.71. The lowest BCUT2D eigenvalue weighted by Gasteiger charge is -2.45. The Hall–Kier alpha value is -7.26. The summed E-state index contributed by atoms with van der Waals surface area (Å²) in [6, 6.07) is 5.94. The van der Waals surface area contributed by atoms with E-state index in [9.17, 15) is 43.2 Å². The molecule has 0 radical (unpaired) electrons. The first-order valence-electron chi connectivity index (χ1n) is 26.5. The molecule has 456 valence electrons. The number of rotatable bonds is 20. The Morgan fingerprint density at radius 2 is 1.12 bits per heavy atom. The van der Waals surface area contributed by atoms with Gasteiger partial charge in [0.15, 0.2) is 49.1 Å². The molecule has 27 nitrogen and oxygen atoms in total. The van der Waals surface area contributed by atoms with Crippen LogP contribution in [0.5, 0.6) is 0 Å². The van der Waals surface area contributed by atoms with E-state index in [0.717, 1.165) is 37.3 Å². The highest BCUT2D eigenvalue weighted by atomic mass is 16.7. The molecule has 1 unspecified atom stereocenters. The van der Waals surface area contributed by atoms with Crippen LogP contribution in [0.2, 0.25) is 0 Å². The highest BCUT2D eigenvalue weighted by Gasteiger charge is 2.56. The van der Waals surface area contributed by atoms with Gasteiger partial charge in [-0.1, -0.05) is 35.5 Å². The van der Waals surface area contributed by atoms with Gasteiger partial charge >= 0.3 is 53.8 Å². The Balaban J connectivity index is 1.87. The van der Waals surface area contributed by atoms with Crippen molar-refractivity contribution in [2.24, 2.45) is 16.2 Å². The van der Waals surface area contributed by atoms with Crippen LogP contribution in [-0.2, 0) is 108 Å². The number of esters is 8. The van der Waals surface area contributed by atoms with Crippen LogP contribution in [0.15, 0.2) is 36.5 Å². The maximum atomic E-state index is 15.1. The van der Waals surface area contributed by atoms with Gasteiger partial charge in [0.25, 0.3) is 0 Å². The van der Waals surface area contributed by atoms with E-state index in [4.69, 9.17) is 52.1 Å². The second-order valence-corrected chi connectivity index (χ2v) is 23.8. The predicted molar refractivity (Wildman–Crippen MR) is 282 cm³/mol. The first kappa shape index (κ1) is 67.2. The molecule has 0 saturated carbocycles. The third kappa shape index (κ3) is 19.7. The minimum Gasteiger partial charge on any atom is -0.463 e. The van der Waals surface area contributed by atoms with Gasteiger partial charge < -0.3 is 67.6 Å². The lowest BCUT2D eigenvalue weighted by Crippen LogP contribution is -2.65. The average molecular weight is 1160 g/mol. The van der Waals surface area contributed by atoms with Crippen molar-refractivity contribution < 1.29 is 100 Å². The summed E-state index contributed by atoms with van der Waals surface area (Å²) >= 11 is 0. The highest BCUT2D eigenvalue weighted by molar-refractivity contribution is 5.91. The van der Waals surface area contributed by atoms with Crippen molar-refractivity contribution in [2.75, 3.05) is 20.3 Å². The number of benzene rings is 1. The molecule has 82 heavy (non-hydrogen) atoms. The summed E-state index contributed by atoms with van der Waals surface area (Å²) in [4.78, 5) is 136. The zero-order valence-electron chi connectivity index (χ0n) is 49.7. The Bertz CT molecular complexity index is 2600. The molecule has 2 fully saturated rings. The lowest BCUT2D eigenvalue weighted by molar-refractivity contribution is -0.301. The SMILES string of the molecule is CO[C@H]1O[C@H](CNC(=O)C(CC(=O)OCc2ccccc2)N(Cc2cn([C@@H]3O[C@H](COC(C)=O)[C@@H](OC(C)=O)[C@H](OC(C)=O)[C@H]3OC(C)=O)nn2)C(=O)NC(C)(C)C)[C@@H](OC(=O)C(C)(C)C)[C@H](OC(=O)C(C)(C)C)[C@H]1OC(=O)C(C)(C)C. The normalized spacial score (nSPS) is 23.3. The summed E-state index contributed by atoms with van der Waals surface area (Å²) in [6.45, 7) is 21.5. The number of urea groups is 1. The van der Waals surface area contributed by atoms with E-state index in [1.165, 1.54) is 13.3 Å². The molecule has 0 spiro atoms. The molecular formula is C55H80N6O21. The fourth-order valence-corrected chi connectivity index (χ4v) is 7.97. The summed E-state index contributed by atoms with van der Waals surface area (Å²) < 4.78 is 64.9. The molecule has 11 atom stereocenters. The van der Waals surface area contributed by atoms with Crippen molar-refractivity contribution in [3.05, 3.63) is 47.8 Å². The number of nitrogens with zero attached hydrogens (tertiary/aromatic N) is 4. The maximum Gasteiger partial charge on any atom is 0.318 e. The van der Waals surface area contributed by atoms with E-state index < -0.39 is 175 Å². The number of hydrogen-bond acceptors (Lipinski definition) is 23. The highest BCUT2D eigenvalue weighted by Crippen LogP contribution is 2.36. The third-order valence-electron chi connectivity index (χ3n) is 12.0. The van der Waals surface area contributed by atoms with E-state index in [1.54, 1.807) is 113 Å². The van der Waals surface area contributed by atoms with Crippen LogP contribution < -0.4 is 10.6 Å². The van der Waals surface area contributed by atoms with Crippen molar-refractivity contribution in [2.45, 2.75) is 203 Å². The van der Waals surface area contributed by atoms with Gasteiger partial charge in [0.1, 0.15) is 37.2 Å². The fourth-order valence-electron chi connectivity index (χ4n) is 7.97. The molecule has 2 saturated heterocycles. The number of carbonyl (C=O) groups excluding carboxylic acids is 10. The number of methoxy groups -OCH3 is 1. The van der Waals surface area contributed by atoms with E-state index in [0.29, 0.717) is 5.56 Å². The molecule has 1 aromatic heterocycles. The monoisotopic (exact) mass is 1160 g/mol. The molecule has 1 aromatic carbocycles. The van der Waals surface area contributed by atoms with Crippen LogP contribution >= 0.6 is 0 Å². The average Bonchev–Trinajstić information content (AvgIpc) is 3.90. The minimum absolute atomic E-state index is 0.0839. The number of amides is 3. The molecule has 4 rings (SSSR count). The molecule has 0 aliphatic carbocycles. The summed E-state index contributed by atoms with van der Waals surface area (Å²) in [7, 11) is 1.23. The van der Waals surface area contributed by atoms with Gasteiger partial charge in [0, 0.05) is 46.9 Å². The first-order chi connectivity index (χ1) is 37.9. The van der Waals surface area contributed by atoms with Crippen LogP contribution in [0.1, 0.15) is 135 Å². The topological polar surface area (TPSA) is 330 Å². The molecule has 2 aliphatic heterocycles. The zero-order chi connectivity index (χ0) is 61.8. The maximum absolute atomic E-state index is 15.1. The van der Waals surface area contributed by atoms with Gasteiger partial charge in [-0.05, 0) is 88.6 Å². The van der Waals surface area contributed by atoms with Crippen molar-refractivity contribution >= 4 is 59.7 Å². The van der Waals surface area contributed by atoms with Crippen LogP contribution in [0.3, 0.4) is 0 Å². The molecule has 2 N–H and O–H groups in total. The van der Waals surface area contributed by atoms with Crippen LogP contribution in [0.4, 0.5) is 4.79 Å². The Morgan fingerprint density at radius 1 is 0.622 bits per heavy atom. The smallest absolute Gasteiger partial charge is 0.318 e. The summed E-state index contributed by atoms with van der Waals surface area (Å²) in [5.41, 5.74) is -3.86. The zero-order valence-corrected chi connectivity index (χ0v) is 49.7. The standard InChI is InChI=1S/C55H80N6O21/c1-29(62)73-28-37-40(75-30(2)63)41(76-31(3)64)43(77-32(4)65)46(78-37)61-26-34(58-59-61)25-60(51(71)57-55(14,15)16)35(23-38(66)74-27-33-21-19-18-20-22-33)45(67)56-24-36-39(80-48(68)52(5,6)7)42(81-49(69)53(8,9)10)44(47(72-17)79-36)82-50(70)54(11,12)13/h18-22,26,35-37,39-44,46-47H,23-25,27-28H2,1-17H3,(H,56,67)(H,57,71)/t35?,36-,37-,39-,40-,41+,42+,43-,44-,46-,47+/m1/s1. The van der Waals surface area contributed by atoms with Crippen molar-refractivity contribution in [3.8, 4) is 0 Å². The third-order valence-corrected chi connectivity index (χ3v) is 12.0. The molecule has 2 aromatic rings. The molecule has 27 heteroatoms. The van der Waals surface area contributed by atoms with Gasteiger partial charge in [-0.15, -0.1) is 5.10 Å². The number of aromatic nitrogens is 3. The number of carbonyl (C=O) groups is 10.